The molecule has 1 heterocycles. The number of likely N-dealkylation sites (tertiary alicyclic amines) is 1. The third-order valence-corrected chi connectivity index (χ3v) is 2.76. The van der Waals surface area contributed by atoms with Crippen molar-refractivity contribution in [2.45, 2.75) is 38.8 Å². The second kappa shape index (κ2) is 5.32. The van der Waals surface area contributed by atoms with Crippen LogP contribution in [0.4, 0.5) is 0 Å². The van der Waals surface area contributed by atoms with Crippen LogP contribution in [-0.4, -0.2) is 47.7 Å². The molecule has 1 rings (SSSR count). The van der Waals surface area contributed by atoms with E-state index in [-0.39, 0.29) is 5.91 Å². The summed E-state index contributed by atoms with van der Waals surface area (Å²) >= 11 is 0. The number of hydrogen-bond acceptors (Lipinski definition) is 3. The zero-order valence-corrected chi connectivity index (χ0v) is 8.99. The van der Waals surface area contributed by atoms with Gasteiger partial charge in [0.15, 0.2) is 0 Å². The number of nitrogens with one attached hydrogen (secondary N) is 1. The van der Waals surface area contributed by atoms with Crippen LogP contribution in [0.25, 0.3) is 0 Å². The van der Waals surface area contributed by atoms with Crippen LogP contribution < -0.4 is 5.32 Å². The van der Waals surface area contributed by atoms with Crippen molar-refractivity contribution in [3.8, 4) is 0 Å². The van der Waals surface area contributed by atoms with Gasteiger partial charge in [-0.15, -0.1) is 0 Å². The molecule has 14 heavy (non-hydrogen) atoms. The van der Waals surface area contributed by atoms with Gasteiger partial charge >= 0.3 is 0 Å². The number of carbonyl (C=O) groups is 1. The molecule has 0 spiro atoms. The first kappa shape index (κ1) is 11.5. The molecule has 1 saturated heterocycles. The summed E-state index contributed by atoms with van der Waals surface area (Å²) in [5, 5.41) is 11.3. The Morgan fingerprint density at radius 2 is 2.36 bits per heavy atom. The van der Waals surface area contributed by atoms with Crippen LogP contribution in [0.15, 0.2) is 0 Å². The molecule has 0 aromatic rings. The number of rotatable bonds is 4. The lowest BCUT2D eigenvalue weighted by Crippen LogP contribution is -2.43. The number of amides is 1. The van der Waals surface area contributed by atoms with Gasteiger partial charge in [-0.05, 0) is 33.2 Å². The van der Waals surface area contributed by atoms with E-state index in [0.29, 0.717) is 18.6 Å². The van der Waals surface area contributed by atoms with E-state index in [1.54, 1.807) is 0 Å². The highest BCUT2D eigenvalue weighted by atomic mass is 16.3. The Labute approximate surface area is 85.3 Å². The number of aliphatic hydroxyl groups excluding tert-OH is 1. The van der Waals surface area contributed by atoms with Gasteiger partial charge in [0.25, 0.3) is 0 Å². The molecule has 4 nitrogen and oxygen atoms in total. The van der Waals surface area contributed by atoms with E-state index in [0.717, 1.165) is 13.0 Å². The lowest BCUT2D eigenvalue weighted by Gasteiger charge is -2.28. The summed E-state index contributed by atoms with van der Waals surface area (Å²) in [7, 11) is 0. The minimum atomic E-state index is -0.408. The van der Waals surface area contributed by atoms with Gasteiger partial charge in [0.05, 0.1) is 0 Å². The van der Waals surface area contributed by atoms with Crippen molar-refractivity contribution in [2.24, 2.45) is 0 Å². The molecule has 2 N–H and O–H groups in total. The highest BCUT2D eigenvalue weighted by Crippen LogP contribution is 2.18. The molecule has 4 heteroatoms. The highest BCUT2D eigenvalue weighted by Gasteiger charge is 2.26. The topological polar surface area (TPSA) is 52.6 Å². The molecule has 1 aliphatic rings. The van der Waals surface area contributed by atoms with Gasteiger partial charge < -0.3 is 10.4 Å². The van der Waals surface area contributed by atoms with Crippen molar-refractivity contribution in [1.29, 1.82) is 0 Å². The molecule has 0 unspecified atom stereocenters. The van der Waals surface area contributed by atoms with Gasteiger partial charge in [-0.2, -0.15) is 0 Å². The molecule has 1 fully saturated rings. The molecule has 1 aliphatic heterocycles. The largest absolute Gasteiger partial charge is 0.387 e. The summed E-state index contributed by atoms with van der Waals surface area (Å²) in [5.74, 6) is -0.277. The smallest absolute Gasteiger partial charge is 0.245 e. The minimum absolute atomic E-state index is 0.277. The van der Waals surface area contributed by atoms with Crippen LogP contribution in [-0.2, 0) is 4.79 Å². The summed E-state index contributed by atoms with van der Waals surface area (Å²) in [6.45, 7) is 5.72. The highest BCUT2D eigenvalue weighted by molar-refractivity contribution is 5.76. The maximum atomic E-state index is 10.9. The third-order valence-electron chi connectivity index (χ3n) is 2.76. The Hall–Kier alpha value is -0.610. The van der Waals surface area contributed by atoms with Crippen LogP contribution in [0.1, 0.15) is 26.7 Å². The van der Waals surface area contributed by atoms with Crippen LogP contribution >= 0.6 is 0 Å². The Morgan fingerprint density at radius 3 is 2.93 bits per heavy atom. The van der Waals surface area contributed by atoms with Crippen molar-refractivity contribution >= 4 is 5.91 Å². The van der Waals surface area contributed by atoms with Crippen molar-refractivity contribution in [3.05, 3.63) is 0 Å². The monoisotopic (exact) mass is 200 g/mol. The van der Waals surface area contributed by atoms with Crippen molar-refractivity contribution < 1.29 is 9.90 Å². The molecule has 82 valence electrons. The van der Waals surface area contributed by atoms with Gasteiger partial charge in [0.1, 0.15) is 6.61 Å². The second-order valence-electron chi connectivity index (χ2n) is 4.09. The number of nitrogens with zero attached hydrogens (tertiary/aromatic N) is 1. The average Bonchev–Trinajstić information content (AvgIpc) is 2.62. The Kier molecular flexibility index (Phi) is 4.35. The summed E-state index contributed by atoms with van der Waals surface area (Å²) < 4.78 is 0. The summed E-state index contributed by atoms with van der Waals surface area (Å²) in [5.41, 5.74) is 0. The Morgan fingerprint density at radius 1 is 1.64 bits per heavy atom. The fraction of sp³-hybridized carbons (Fsp3) is 0.900. The maximum Gasteiger partial charge on any atom is 0.245 e. The number of aliphatic hydroxyl groups is 1. The van der Waals surface area contributed by atoms with E-state index in [2.05, 4.69) is 24.1 Å². The normalized spacial score (nSPS) is 23.0. The molecule has 0 saturated carbocycles. The molecule has 0 aromatic carbocycles. The fourth-order valence-electron chi connectivity index (χ4n) is 2.04. The minimum Gasteiger partial charge on any atom is -0.387 e. The number of hydrogen-bond donors (Lipinski definition) is 2. The molecule has 0 radical (unpaired) electrons. The quantitative estimate of drug-likeness (QED) is 0.670. The Balaban J connectivity index is 2.32. The van der Waals surface area contributed by atoms with E-state index < -0.39 is 6.61 Å². The van der Waals surface area contributed by atoms with E-state index in [1.807, 2.05) is 0 Å². The van der Waals surface area contributed by atoms with Gasteiger partial charge in [0.2, 0.25) is 5.91 Å². The zero-order valence-electron chi connectivity index (χ0n) is 8.99. The average molecular weight is 200 g/mol. The predicted molar refractivity (Wildman–Crippen MR) is 55.0 cm³/mol. The van der Waals surface area contributed by atoms with Crippen molar-refractivity contribution in [2.75, 3.05) is 19.7 Å². The van der Waals surface area contributed by atoms with Crippen molar-refractivity contribution in [3.63, 3.8) is 0 Å². The van der Waals surface area contributed by atoms with E-state index in [9.17, 15) is 4.79 Å². The lowest BCUT2D eigenvalue weighted by atomic mass is 10.2. The summed E-state index contributed by atoms with van der Waals surface area (Å²) in [6, 6.07) is 0.985. The van der Waals surface area contributed by atoms with Gasteiger partial charge in [-0.1, -0.05) is 0 Å². The van der Waals surface area contributed by atoms with E-state index in [1.165, 1.54) is 6.42 Å². The second-order valence-corrected chi connectivity index (χ2v) is 4.09. The molecule has 0 bridgehead atoms. The van der Waals surface area contributed by atoms with Crippen molar-refractivity contribution in [1.82, 2.24) is 10.2 Å². The first-order valence-corrected chi connectivity index (χ1v) is 5.28. The molecule has 1 amide bonds. The molecule has 0 aromatic heterocycles. The summed E-state index contributed by atoms with van der Waals surface area (Å²) in [6.07, 6.45) is 2.35. The molecular formula is C10H20N2O2. The standard InChI is InChI=1S/C10H20N2O2/c1-8(2)12-5-3-4-9(12)6-11-10(14)7-13/h8-9,13H,3-7H2,1-2H3,(H,11,14)/t9-/m0/s1. The van der Waals surface area contributed by atoms with Gasteiger partial charge in [0, 0.05) is 18.6 Å². The van der Waals surface area contributed by atoms with Crippen LogP contribution in [0.5, 0.6) is 0 Å². The first-order chi connectivity index (χ1) is 6.65. The third kappa shape index (κ3) is 2.96. The molecule has 1 atom stereocenters. The SMILES string of the molecule is CC(C)N1CCC[C@H]1CNC(=O)CO. The van der Waals surface area contributed by atoms with E-state index in [4.69, 9.17) is 5.11 Å². The lowest BCUT2D eigenvalue weighted by molar-refractivity contribution is -0.124. The van der Waals surface area contributed by atoms with Crippen LogP contribution in [0, 0.1) is 0 Å². The molecular weight excluding hydrogens is 180 g/mol. The van der Waals surface area contributed by atoms with Gasteiger partial charge in [-0.25, -0.2) is 0 Å². The fourth-order valence-corrected chi connectivity index (χ4v) is 2.04. The predicted octanol–water partition coefficient (Wildman–Crippen LogP) is -0.0323. The van der Waals surface area contributed by atoms with Gasteiger partial charge in [-0.3, -0.25) is 9.69 Å². The summed E-state index contributed by atoms with van der Waals surface area (Å²) in [4.78, 5) is 13.3. The zero-order chi connectivity index (χ0) is 10.6. The first-order valence-electron chi connectivity index (χ1n) is 5.28. The van der Waals surface area contributed by atoms with Crippen LogP contribution in [0.2, 0.25) is 0 Å². The Bertz CT molecular complexity index is 195. The number of carbonyl (C=O) groups excluding carboxylic acids is 1. The molecule has 0 aliphatic carbocycles. The maximum absolute atomic E-state index is 10.9. The van der Waals surface area contributed by atoms with Crippen LogP contribution in [0.3, 0.4) is 0 Å². The van der Waals surface area contributed by atoms with E-state index >= 15 is 0 Å².